The number of carboxylic acids is 1. The molecule has 2 rings (SSSR count). The van der Waals surface area contributed by atoms with Crippen molar-refractivity contribution in [3.8, 4) is 16.9 Å². The van der Waals surface area contributed by atoms with E-state index in [1.165, 1.54) is 12.1 Å². The van der Waals surface area contributed by atoms with Crippen LogP contribution in [0, 0.1) is 0 Å². The second kappa shape index (κ2) is 3.74. The van der Waals surface area contributed by atoms with Gasteiger partial charge in [-0.15, -0.1) is 0 Å². The van der Waals surface area contributed by atoms with E-state index in [9.17, 15) is 9.90 Å². The van der Waals surface area contributed by atoms with Gasteiger partial charge in [-0.25, -0.2) is 4.79 Å². The summed E-state index contributed by atoms with van der Waals surface area (Å²) in [6, 6.07) is 6.47. The van der Waals surface area contributed by atoms with Crippen molar-refractivity contribution in [2.45, 2.75) is 0 Å². The van der Waals surface area contributed by atoms with Crippen molar-refractivity contribution >= 4 is 17.3 Å². The SMILES string of the molecule is O=C(O)c1cc(-c2ccsc2)ccc1O. The first kappa shape index (κ1) is 9.73. The summed E-state index contributed by atoms with van der Waals surface area (Å²) in [6.07, 6.45) is 0. The number of carboxylic acid groups (broad SMARTS) is 1. The molecule has 0 aliphatic rings. The first-order valence-electron chi connectivity index (χ1n) is 4.27. The highest BCUT2D eigenvalue weighted by Gasteiger charge is 2.10. The van der Waals surface area contributed by atoms with Gasteiger partial charge < -0.3 is 10.2 Å². The van der Waals surface area contributed by atoms with Gasteiger partial charge in [0.15, 0.2) is 0 Å². The molecular weight excluding hydrogens is 212 g/mol. The van der Waals surface area contributed by atoms with Crippen LogP contribution in [0.15, 0.2) is 35.0 Å². The van der Waals surface area contributed by atoms with E-state index in [1.807, 2.05) is 16.8 Å². The van der Waals surface area contributed by atoms with Gasteiger partial charge in [-0.05, 0) is 40.1 Å². The molecule has 2 N–H and O–H groups in total. The Balaban J connectivity index is 2.52. The third-order valence-electron chi connectivity index (χ3n) is 2.08. The zero-order valence-electron chi connectivity index (χ0n) is 7.68. The molecule has 0 unspecified atom stereocenters. The fraction of sp³-hybridized carbons (Fsp3) is 0. The lowest BCUT2D eigenvalue weighted by molar-refractivity contribution is 0.0694. The Hall–Kier alpha value is -1.81. The smallest absolute Gasteiger partial charge is 0.339 e. The minimum absolute atomic E-state index is 0.0706. The number of benzene rings is 1. The van der Waals surface area contributed by atoms with Gasteiger partial charge in [-0.3, -0.25) is 0 Å². The van der Waals surface area contributed by atoms with Crippen LogP contribution in [0.5, 0.6) is 5.75 Å². The van der Waals surface area contributed by atoms with Crippen molar-refractivity contribution in [2.24, 2.45) is 0 Å². The van der Waals surface area contributed by atoms with Gasteiger partial charge in [0.1, 0.15) is 11.3 Å². The lowest BCUT2D eigenvalue weighted by atomic mass is 10.1. The molecule has 0 aliphatic carbocycles. The highest BCUT2D eigenvalue weighted by molar-refractivity contribution is 7.08. The molecule has 0 fully saturated rings. The summed E-state index contributed by atoms with van der Waals surface area (Å²) in [5, 5.41) is 22.0. The van der Waals surface area contributed by atoms with E-state index < -0.39 is 5.97 Å². The highest BCUT2D eigenvalue weighted by atomic mass is 32.1. The van der Waals surface area contributed by atoms with Gasteiger partial charge in [-0.2, -0.15) is 11.3 Å². The van der Waals surface area contributed by atoms with Crippen molar-refractivity contribution in [3.05, 3.63) is 40.6 Å². The molecule has 0 saturated heterocycles. The molecule has 2 aromatic rings. The number of rotatable bonds is 2. The number of aromatic carboxylic acids is 1. The van der Waals surface area contributed by atoms with E-state index >= 15 is 0 Å². The van der Waals surface area contributed by atoms with Gasteiger partial charge in [-0.1, -0.05) is 6.07 Å². The number of thiophene rings is 1. The fourth-order valence-corrected chi connectivity index (χ4v) is 1.98. The molecular formula is C11H8O3S. The van der Waals surface area contributed by atoms with Crippen LogP contribution >= 0.6 is 11.3 Å². The minimum atomic E-state index is -1.12. The van der Waals surface area contributed by atoms with Crippen LogP contribution in [0.3, 0.4) is 0 Å². The molecule has 1 heterocycles. The fourth-order valence-electron chi connectivity index (χ4n) is 1.32. The predicted octanol–water partition coefficient (Wildman–Crippen LogP) is 2.82. The Morgan fingerprint density at radius 2 is 2.00 bits per heavy atom. The van der Waals surface area contributed by atoms with Crippen LogP contribution in [-0.2, 0) is 0 Å². The normalized spacial score (nSPS) is 10.1. The maximum absolute atomic E-state index is 10.8. The summed E-state index contributed by atoms with van der Waals surface area (Å²) in [7, 11) is 0. The van der Waals surface area contributed by atoms with Crippen molar-refractivity contribution in [1.29, 1.82) is 0 Å². The molecule has 0 bridgehead atoms. The molecule has 0 radical (unpaired) electrons. The van der Waals surface area contributed by atoms with Gasteiger partial charge in [0.25, 0.3) is 0 Å². The number of hydrogen-bond acceptors (Lipinski definition) is 3. The average Bonchev–Trinajstić information content (AvgIpc) is 2.71. The second-order valence-electron chi connectivity index (χ2n) is 3.05. The van der Waals surface area contributed by atoms with Crippen LogP contribution in [-0.4, -0.2) is 16.2 Å². The molecule has 0 saturated carbocycles. The molecule has 3 nitrogen and oxygen atoms in total. The number of hydrogen-bond donors (Lipinski definition) is 2. The monoisotopic (exact) mass is 220 g/mol. The Bertz CT molecular complexity index is 489. The maximum Gasteiger partial charge on any atom is 0.339 e. The first-order valence-corrected chi connectivity index (χ1v) is 5.21. The van der Waals surface area contributed by atoms with E-state index in [2.05, 4.69) is 0 Å². The highest BCUT2D eigenvalue weighted by Crippen LogP contribution is 2.27. The number of carbonyl (C=O) groups is 1. The summed E-state index contributed by atoms with van der Waals surface area (Å²) in [5.41, 5.74) is 1.69. The molecule has 1 aromatic heterocycles. The van der Waals surface area contributed by atoms with Crippen LogP contribution in [0.2, 0.25) is 0 Å². The Labute approximate surface area is 90.2 Å². The molecule has 0 amide bonds. The number of aromatic hydroxyl groups is 1. The maximum atomic E-state index is 10.8. The van der Waals surface area contributed by atoms with E-state index in [4.69, 9.17) is 5.11 Å². The summed E-state index contributed by atoms with van der Waals surface area (Å²) in [4.78, 5) is 10.8. The van der Waals surface area contributed by atoms with Crippen LogP contribution in [0.4, 0.5) is 0 Å². The summed E-state index contributed by atoms with van der Waals surface area (Å²) in [5.74, 6) is -1.33. The third kappa shape index (κ3) is 1.85. The van der Waals surface area contributed by atoms with Crippen molar-refractivity contribution in [3.63, 3.8) is 0 Å². The van der Waals surface area contributed by atoms with Crippen molar-refractivity contribution in [1.82, 2.24) is 0 Å². The quantitative estimate of drug-likeness (QED) is 0.818. The molecule has 0 aliphatic heterocycles. The lowest BCUT2D eigenvalue weighted by Gasteiger charge is -2.02. The zero-order valence-corrected chi connectivity index (χ0v) is 8.49. The largest absolute Gasteiger partial charge is 0.507 e. The van der Waals surface area contributed by atoms with Gasteiger partial charge in [0.05, 0.1) is 0 Å². The Kier molecular flexibility index (Phi) is 2.43. The van der Waals surface area contributed by atoms with Gasteiger partial charge >= 0.3 is 5.97 Å². The Morgan fingerprint density at radius 1 is 1.20 bits per heavy atom. The molecule has 76 valence electrons. The average molecular weight is 220 g/mol. The standard InChI is InChI=1S/C11H8O3S/c12-10-2-1-7(5-9(10)11(13)14)8-3-4-15-6-8/h1-6,12H,(H,13,14). The molecule has 0 spiro atoms. The summed E-state index contributed by atoms with van der Waals surface area (Å²) in [6.45, 7) is 0. The van der Waals surface area contributed by atoms with Gasteiger partial charge in [0, 0.05) is 0 Å². The minimum Gasteiger partial charge on any atom is -0.507 e. The van der Waals surface area contributed by atoms with E-state index in [0.29, 0.717) is 0 Å². The van der Waals surface area contributed by atoms with E-state index in [-0.39, 0.29) is 11.3 Å². The Morgan fingerprint density at radius 3 is 2.60 bits per heavy atom. The second-order valence-corrected chi connectivity index (χ2v) is 3.83. The van der Waals surface area contributed by atoms with Crippen LogP contribution in [0.1, 0.15) is 10.4 Å². The van der Waals surface area contributed by atoms with E-state index in [0.717, 1.165) is 11.1 Å². The van der Waals surface area contributed by atoms with Crippen molar-refractivity contribution in [2.75, 3.05) is 0 Å². The summed E-state index contributed by atoms with van der Waals surface area (Å²) < 4.78 is 0. The topological polar surface area (TPSA) is 57.5 Å². The van der Waals surface area contributed by atoms with E-state index in [1.54, 1.807) is 17.4 Å². The zero-order chi connectivity index (χ0) is 10.8. The predicted molar refractivity (Wildman–Crippen MR) is 58.4 cm³/mol. The molecule has 15 heavy (non-hydrogen) atoms. The molecule has 1 aromatic carbocycles. The molecule has 0 atom stereocenters. The van der Waals surface area contributed by atoms with Crippen LogP contribution < -0.4 is 0 Å². The molecule has 4 heteroatoms. The van der Waals surface area contributed by atoms with Gasteiger partial charge in [0.2, 0.25) is 0 Å². The van der Waals surface area contributed by atoms with Crippen molar-refractivity contribution < 1.29 is 15.0 Å². The van der Waals surface area contributed by atoms with Crippen LogP contribution in [0.25, 0.3) is 11.1 Å². The summed E-state index contributed by atoms with van der Waals surface area (Å²) >= 11 is 1.54. The first-order chi connectivity index (χ1) is 7.18. The number of phenols is 1. The lowest BCUT2D eigenvalue weighted by Crippen LogP contribution is -1.96. The third-order valence-corrected chi connectivity index (χ3v) is 2.76.